The van der Waals surface area contributed by atoms with Crippen molar-refractivity contribution in [2.45, 2.75) is 32.4 Å². The molecule has 2 aromatic rings. The number of aromatic nitrogens is 2. The molecule has 7 nitrogen and oxygen atoms in total. The predicted octanol–water partition coefficient (Wildman–Crippen LogP) is 2.28. The summed E-state index contributed by atoms with van der Waals surface area (Å²) in [7, 11) is 1.74. The van der Waals surface area contributed by atoms with E-state index < -0.39 is 0 Å². The van der Waals surface area contributed by atoms with Gasteiger partial charge in [-0.1, -0.05) is 18.2 Å². The first-order valence-corrected chi connectivity index (χ1v) is 10.2. The molecule has 1 aliphatic rings. The molecule has 1 aliphatic heterocycles. The SMILES string of the molecule is CCNC(=NCC(c1ccccc1OC)N1CCCC1)NCCn1ccnc1. The van der Waals surface area contributed by atoms with Crippen LogP contribution in [0.25, 0.3) is 0 Å². The van der Waals surface area contributed by atoms with Crippen LogP contribution in [0.4, 0.5) is 0 Å². The molecule has 1 saturated heterocycles. The summed E-state index contributed by atoms with van der Waals surface area (Å²) in [6.45, 7) is 7.50. The van der Waals surface area contributed by atoms with Gasteiger partial charge < -0.3 is 19.9 Å². The molecule has 0 aliphatic carbocycles. The van der Waals surface area contributed by atoms with E-state index in [9.17, 15) is 0 Å². The molecule has 0 bridgehead atoms. The average molecular weight is 385 g/mol. The zero-order valence-corrected chi connectivity index (χ0v) is 17.0. The Morgan fingerprint density at radius 3 is 2.79 bits per heavy atom. The lowest BCUT2D eigenvalue weighted by Gasteiger charge is -2.28. The van der Waals surface area contributed by atoms with Crippen LogP contribution < -0.4 is 15.4 Å². The summed E-state index contributed by atoms with van der Waals surface area (Å²) in [4.78, 5) is 11.5. The summed E-state index contributed by atoms with van der Waals surface area (Å²) in [5.74, 6) is 1.79. The quantitative estimate of drug-likeness (QED) is 0.513. The first-order valence-electron chi connectivity index (χ1n) is 10.2. The van der Waals surface area contributed by atoms with Gasteiger partial charge in [-0.05, 0) is 38.9 Å². The highest BCUT2D eigenvalue weighted by molar-refractivity contribution is 5.79. The Morgan fingerprint density at radius 2 is 2.07 bits per heavy atom. The summed E-state index contributed by atoms with van der Waals surface area (Å²) >= 11 is 0. The van der Waals surface area contributed by atoms with Gasteiger partial charge in [-0.15, -0.1) is 0 Å². The highest BCUT2D eigenvalue weighted by Gasteiger charge is 2.25. The molecule has 2 N–H and O–H groups in total. The summed E-state index contributed by atoms with van der Waals surface area (Å²) in [6, 6.07) is 8.53. The molecular weight excluding hydrogens is 352 g/mol. The largest absolute Gasteiger partial charge is 0.496 e. The van der Waals surface area contributed by atoms with E-state index in [1.54, 1.807) is 13.3 Å². The number of guanidine groups is 1. The number of ether oxygens (including phenoxy) is 1. The van der Waals surface area contributed by atoms with Crippen molar-refractivity contribution in [2.75, 3.05) is 39.8 Å². The lowest BCUT2D eigenvalue weighted by atomic mass is 10.0. The number of para-hydroxylation sites is 1. The fourth-order valence-corrected chi connectivity index (χ4v) is 3.65. The van der Waals surface area contributed by atoms with Crippen molar-refractivity contribution < 1.29 is 4.74 Å². The molecular formula is C21H32N6O. The fourth-order valence-electron chi connectivity index (χ4n) is 3.65. The Kier molecular flexibility index (Phi) is 7.72. The lowest BCUT2D eigenvalue weighted by molar-refractivity contribution is 0.245. The number of likely N-dealkylation sites (tertiary alicyclic amines) is 1. The number of methoxy groups -OCH3 is 1. The van der Waals surface area contributed by atoms with Gasteiger partial charge in [0, 0.05) is 37.6 Å². The Bertz CT molecular complexity index is 724. The molecule has 1 unspecified atom stereocenters. The third-order valence-electron chi connectivity index (χ3n) is 5.07. The molecule has 0 saturated carbocycles. The molecule has 1 atom stereocenters. The molecule has 0 radical (unpaired) electrons. The topological polar surface area (TPSA) is 66.7 Å². The third-order valence-corrected chi connectivity index (χ3v) is 5.07. The van der Waals surface area contributed by atoms with Gasteiger partial charge in [0.05, 0.1) is 26.0 Å². The molecule has 0 spiro atoms. The standard InChI is InChI=1S/C21H32N6O/c1-3-23-21(24-11-15-26-14-10-22-17-26)25-16-19(27-12-6-7-13-27)18-8-4-5-9-20(18)28-2/h4-5,8-10,14,17,19H,3,6-7,11-13,15-16H2,1-2H3,(H2,23,24,25). The van der Waals surface area contributed by atoms with E-state index in [1.807, 2.05) is 24.7 Å². The van der Waals surface area contributed by atoms with Crippen LogP contribution in [0.2, 0.25) is 0 Å². The van der Waals surface area contributed by atoms with E-state index in [-0.39, 0.29) is 6.04 Å². The van der Waals surface area contributed by atoms with Crippen molar-refractivity contribution in [3.8, 4) is 5.75 Å². The van der Waals surface area contributed by atoms with Gasteiger partial charge in [-0.2, -0.15) is 0 Å². The molecule has 1 aromatic heterocycles. The maximum Gasteiger partial charge on any atom is 0.191 e. The van der Waals surface area contributed by atoms with E-state index in [1.165, 1.54) is 18.4 Å². The normalized spacial score (nSPS) is 16.1. The summed E-state index contributed by atoms with van der Waals surface area (Å²) < 4.78 is 7.69. The first-order chi connectivity index (χ1) is 13.8. The number of hydrogen-bond donors (Lipinski definition) is 2. The second-order valence-corrected chi connectivity index (χ2v) is 6.95. The Balaban J connectivity index is 1.69. The van der Waals surface area contributed by atoms with E-state index in [0.717, 1.165) is 44.4 Å². The van der Waals surface area contributed by atoms with Gasteiger partial charge in [0.2, 0.25) is 0 Å². The zero-order valence-electron chi connectivity index (χ0n) is 17.0. The maximum absolute atomic E-state index is 5.63. The first kappa shape index (κ1) is 20.2. The molecule has 1 fully saturated rings. The van der Waals surface area contributed by atoms with Crippen molar-refractivity contribution in [2.24, 2.45) is 4.99 Å². The van der Waals surface area contributed by atoms with Crippen LogP contribution in [-0.2, 0) is 6.54 Å². The van der Waals surface area contributed by atoms with Gasteiger partial charge in [0.15, 0.2) is 5.96 Å². The Hall–Kier alpha value is -2.54. The maximum atomic E-state index is 5.63. The van der Waals surface area contributed by atoms with Crippen LogP contribution in [0.5, 0.6) is 5.75 Å². The summed E-state index contributed by atoms with van der Waals surface area (Å²) in [5, 5.41) is 6.78. The van der Waals surface area contributed by atoms with E-state index >= 15 is 0 Å². The van der Waals surface area contributed by atoms with Crippen LogP contribution >= 0.6 is 0 Å². The summed E-state index contributed by atoms with van der Waals surface area (Å²) in [6.07, 6.45) is 8.10. The van der Waals surface area contributed by atoms with Gasteiger partial charge in [0.25, 0.3) is 0 Å². The molecule has 3 rings (SSSR count). The highest BCUT2D eigenvalue weighted by Crippen LogP contribution is 2.31. The molecule has 7 heteroatoms. The minimum absolute atomic E-state index is 0.225. The number of aliphatic imine (C=N–C) groups is 1. The van der Waals surface area contributed by atoms with Crippen molar-refractivity contribution >= 4 is 5.96 Å². The number of hydrogen-bond acceptors (Lipinski definition) is 4. The second-order valence-electron chi connectivity index (χ2n) is 6.95. The Labute approximate surface area is 167 Å². The van der Waals surface area contributed by atoms with Gasteiger partial charge in [0.1, 0.15) is 5.75 Å². The number of rotatable bonds is 9. The van der Waals surface area contributed by atoms with Gasteiger partial charge in [-0.25, -0.2) is 4.98 Å². The monoisotopic (exact) mass is 384 g/mol. The van der Waals surface area contributed by atoms with Crippen LogP contribution in [0.1, 0.15) is 31.4 Å². The lowest BCUT2D eigenvalue weighted by Crippen LogP contribution is -2.39. The van der Waals surface area contributed by atoms with Gasteiger partial charge in [-0.3, -0.25) is 9.89 Å². The summed E-state index contributed by atoms with van der Waals surface area (Å²) in [5.41, 5.74) is 1.21. The van der Waals surface area contributed by atoms with Crippen molar-refractivity contribution in [1.29, 1.82) is 0 Å². The predicted molar refractivity (Wildman–Crippen MR) is 113 cm³/mol. The minimum Gasteiger partial charge on any atom is -0.496 e. The van der Waals surface area contributed by atoms with Crippen LogP contribution in [0.3, 0.4) is 0 Å². The second kappa shape index (κ2) is 10.7. The Morgan fingerprint density at radius 1 is 1.25 bits per heavy atom. The molecule has 2 heterocycles. The highest BCUT2D eigenvalue weighted by atomic mass is 16.5. The van der Waals surface area contributed by atoms with Crippen LogP contribution in [-0.4, -0.2) is 60.2 Å². The van der Waals surface area contributed by atoms with E-state index in [0.29, 0.717) is 6.54 Å². The van der Waals surface area contributed by atoms with Crippen molar-refractivity contribution in [1.82, 2.24) is 25.1 Å². The van der Waals surface area contributed by atoms with E-state index in [2.05, 4.69) is 44.1 Å². The van der Waals surface area contributed by atoms with Crippen molar-refractivity contribution in [3.63, 3.8) is 0 Å². The van der Waals surface area contributed by atoms with Crippen LogP contribution in [0.15, 0.2) is 48.0 Å². The molecule has 0 amide bonds. The van der Waals surface area contributed by atoms with E-state index in [4.69, 9.17) is 9.73 Å². The third kappa shape index (κ3) is 5.48. The number of benzene rings is 1. The van der Waals surface area contributed by atoms with Gasteiger partial charge >= 0.3 is 0 Å². The number of nitrogens with one attached hydrogen (secondary N) is 2. The van der Waals surface area contributed by atoms with Crippen molar-refractivity contribution in [3.05, 3.63) is 48.5 Å². The zero-order chi connectivity index (χ0) is 19.6. The average Bonchev–Trinajstić information content (AvgIpc) is 3.43. The minimum atomic E-state index is 0.225. The number of nitrogens with zero attached hydrogens (tertiary/aromatic N) is 4. The van der Waals surface area contributed by atoms with Crippen LogP contribution in [0, 0.1) is 0 Å². The smallest absolute Gasteiger partial charge is 0.191 e. The number of imidazole rings is 1. The molecule has 152 valence electrons. The fraction of sp³-hybridized carbons (Fsp3) is 0.524. The molecule has 28 heavy (non-hydrogen) atoms. The molecule has 1 aromatic carbocycles.